The van der Waals surface area contributed by atoms with E-state index in [1.54, 1.807) is 11.3 Å². The third-order valence-corrected chi connectivity index (χ3v) is 4.90. The lowest BCUT2D eigenvalue weighted by atomic mass is 10.0. The van der Waals surface area contributed by atoms with Gasteiger partial charge in [-0.2, -0.15) is 0 Å². The van der Waals surface area contributed by atoms with Crippen molar-refractivity contribution in [3.63, 3.8) is 0 Å². The first-order valence-electron chi connectivity index (χ1n) is 7.55. The number of hydrogen-bond acceptors (Lipinski definition) is 4. The summed E-state index contributed by atoms with van der Waals surface area (Å²) in [7, 11) is 0. The molecule has 1 N–H and O–H groups in total. The van der Waals surface area contributed by atoms with Gasteiger partial charge in [0.1, 0.15) is 0 Å². The maximum absolute atomic E-state index is 12.4. The van der Waals surface area contributed by atoms with E-state index < -0.39 is 5.41 Å². The van der Waals surface area contributed by atoms with Gasteiger partial charge in [-0.1, -0.05) is 31.0 Å². The van der Waals surface area contributed by atoms with Crippen LogP contribution in [-0.2, 0) is 10.2 Å². The van der Waals surface area contributed by atoms with E-state index in [0.717, 1.165) is 55.0 Å². The fraction of sp³-hybridized carbons (Fsp3) is 0.500. The van der Waals surface area contributed by atoms with Crippen molar-refractivity contribution in [3.8, 4) is 10.6 Å². The molecule has 0 spiro atoms. The molecule has 3 rings (SSSR count). The Bertz CT molecular complexity index is 600. The molecule has 4 nitrogen and oxygen atoms in total. The monoisotopic (exact) mass is 304 g/mol. The average molecular weight is 304 g/mol. The third kappa shape index (κ3) is 2.88. The number of thiophene rings is 1. The Balaban J connectivity index is 1.67. The number of carbonyl (C=O) groups is 1. The van der Waals surface area contributed by atoms with Crippen LogP contribution in [0, 0.1) is 0 Å². The Morgan fingerprint density at radius 1 is 1.48 bits per heavy atom. The van der Waals surface area contributed by atoms with Gasteiger partial charge in [0.25, 0.3) is 0 Å². The van der Waals surface area contributed by atoms with Gasteiger partial charge in [-0.25, -0.2) is 0 Å². The summed E-state index contributed by atoms with van der Waals surface area (Å²) in [5.41, 5.74) is 0.337. The number of nitrogens with one attached hydrogen (secondary N) is 1. The summed E-state index contributed by atoms with van der Waals surface area (Å²) in [4.78, 5) is 13.4. The van der Waals surface area contributed by atoms with Crippen molar-refractivity contribution in [2.45, 2.75) is 44.4 Å². The van der Waals surface area contributed by atoms with E-state index in [1.807, 2.05) is 23.6 Å². The van der Waals surface area contributed by atoms with Crippen molar-refractivity contribution in [3.05, 3.63) is 29.3 Å². The topological polar surface area (TPSA) is 55.1 Å². The molecule has 0 aliphatic heterocycles. The highest BCUT2D eigenvalue weighted by Gasteiger charge is 2.53. The number of unbranched alkanes of at least 4 members (excludes halogenated alkanes) is 2. The molecule has 0 saturated heterocycles. The second-order valence-corrected chi connectivity index (χ2v) is 6.55. The highest BCUT2D eigenvalue weighted by atomic mass is 32.1. The molecular formula is C16H20N2O2S. The summed E-state index contributed by atoms with van der Waals surface area (Å²) in [6, 6.07) is 5.90. The Kier molecular flexibility index (Phi) is 4.10. The molecule has 1 amide bonds. The van der Waals surface area contributed by atoms with E-state index in [1.165, 1.54) is 0 Å². The molecule has 0 bridgehead atoms. The van der Waals surface area contributed by atoms with Crippen LogP contribution in [0.4, 0.5) is 0 Å². The molecule has 112 valence electrons. The second-order valence-electron chi connectivity index (χ2n) is 5.60. The van der Waals surface area contributed by atoms with E-state index in [0.29, 0.717) is 0 Å². The molecule has 0 atom stereocenters. The number of aromatic nitrogens is 1. The molecule has 0 radical (unpaired) electrons. The fourth-order valence-corrected chi connectivity index (χ4v) is 3.18. The smallest absolute Gasteiger partial charge is 0.232 e. The van der Waals surface area contributed by atoms with Gasteiger partial charge in [-0.05, 0) is 30.7 Å². The van der Waals surface area contributed by atoms with Crippen LogP contribution in [0.25, 0.3) is 10.6 Å². The zero-order valence-corrected chi connectivity index (χ0v) is 13.0. The maximum Gasteiger partial charge on any atom is 0.232 e. The van der Waals surface area contributed by atoms with E-state index in [2.05, 4.69) is 17.4 Å². The van der Waals surface area contributed by atoms with E-state index in [-0.39, 0.29) is 5.91 Å². The third-order valence-electron chi connectivity index (χ3n) is 4.02. The second kappa shape index (κ2) is 6.02. The van der Waals surface area contributed by atoms with Crippen LogP contribution < -0.4 is 5.32 Å². The zero-order chi connectivity index (χ0) is 14.7. The molecule has 2 aromatic heterocycles. The lowest BCUT2D eigenvalue weighted by molar-refractivity contribution is -0.123. The van der Waals surface area contributed by atoms with E-state index >= 15 is 0 Å². The molecule has 21 heavy (non-hydrogen) atoms. The largest absolute Gasteiger partial charge is 0.355 e. The zero-order valence-electron chi connectivity index (χ0n) is 12.2. The van der Waals surface area contributed by atoms with Crippen LogP contribution in [0.5, 0.6) is 0 Å². The molecule has 1 aliphatic rings. The standard InChI is InChI=1S/C16H20N2O2S/c1-2-3-4-9-17-15(19)16(7-8-16)14-11-12(20-18-14)13-6-5-10-21-13/h5-6,10-11H,2-4,7-9H2,1H3,(H,17,19). The van der Waals surface area contributed by atoms with Gasteiger partial charge in [-0.3, -0.25) is 4.79 Å². The molecule has 1 saturated carbocycles. The van der Waals surface area contributed by atoms with Crippen LogP contribution in [0.2, 0.25) is 0 Å². The molecular weight excluding hydrogens is 284 g/mol. The van der Waals surface area contributed by atoms with Crippen molar-refractivity contribution < 1.29 is 9.32 Å². The number of hydrogen-bond donors (Lipinski definition) is 1. The number of nitrogens with zero attached hydrogens (tertiary/aromatic N) is 1. The van der Waals surface area contributed by atoms with Crippen LogP contribution in [0.3, 0.4) is 0 Å². The van der Waals surface area contributed by atoms with Crippen molar-refractivity contribution in [1.82, 2.24) is 10.5 Å². The van der Waals surface area contributed by atoms with Crippen molar-refractivity contribution in [2.24, 2.45) is 0 Å². The van der Waals surface area contributed by atoms with Crippen LogP contribution in [0.1, 0.15) is 44.7 Å². The summed E-state index contributed by atoms with van der Waals surface area (Å²) < 4.78 is 5.41. The summed E-state index contributed by atoms with van der Waals surface area (Å²) in [6.45, 7) is 2.91. The first-order chi connectivity index (χ1) is 10.3. The minimum atomic E-state index is -0.439. The first-order valence-corrected chi connectivity index (χ1v) is 8.43. The highest BCUT2D eigenvalue weighted by molar-refractivity contribution is 7.13. The molecule has 0 aromatic carbocycles. The quantitative estimate of drug-likeness (QED) is 0.793. The minimum absolute atomic E-state index is 0.102. The van der Waals surface area contributed by atoms with Gasteiger partial charge in [-0.15, -0.1) is 11.3 Å². The molecule has 0 unspecified atom stereocenters. The molecule has 1 aliphatic carbocycles. The first kappa shape index (κ1) is 14.3. The van der Waals surface area contributed by atoms with E-state index in [4.69, 9.17) is 4.52 Å². The van der Waals surface area contributed by atoms with Crippen LogP contribution in [-0.4, -0.2) is 17.6 Å². The Morgan fingerprint density at radius 3 is 3.00 bits per heavy atom. The minimum Gasteiger partial charge on any atom is -0.355 e. The number of carbonyl (C=O) groups excluding carboxylic acids is 1. The SMILES string of the molecule is CCCCCNC(=O)C1(c2cc(-c3cccs3)on2)CC1. The van der Waals surface area contributed by atoms with Gasteiger partial charge in [0.05, 0.1) is 16.0 Å². The lowest BCUT2D eigenvalue weighted by Crippen LogP contribution is -2.35. The predicted octanol–water partition coefficient (Wildman–Crippen LogP) is 3.74. The number of amides is 1. The summed E-state index contributed by atoms with van der Waals surface area (Å²) in [6.07, 6.45) is 5.08. The Labute approximate surface area is 128 Å². The Hall–Kier alpha value is -1.62. The lowest BCUT2D eigenvalue weighted by Gasteiger charge is -2.12. The molecule has 5 heteroatoms. The number of rotatable bonds is 7. The van der Waals surface area contributed by atoms with Crippen molar-refractivity contribution in [2.75, 3.05) is 6.54 Å². The van der Waals surface area contributed by atoms with Gasteiger partial charge in [0.15, 0.2) is 5.76 Å². The van der Waals surface area contributed by atoms with Gasteiger partial charge in [0, 0.05) is 12.6 Å². The van der Waals surface area contributed by atoms with Crippen LogP contribution >= 0.6 is 11.3 Å². The van der Waals surface area contributed by atoms with Gasteiger partial charge in [0.2, 0.25) is 5.91 Å². The summed E-state index contributed by atoms with van der Waals surface area (Å²) in [5.74, 6) is 0.856. The van der Waals surface area contributed by atoms with Crippen molar-refractivity contribution >= 4 is 17.2 Å². The van der Waals surface area contributed by atoms with Gasteiger partial charge >= 0.3 is 0 Å². The van der Waals surface area contributed by atoms with Crippen molar-refractivity contribution in [1.29, 1.82) is 0 Å². The summed E-state index contributed by atoms with van der Waals surface area (Å²) in [5, 5.41) is 9.19. The highest BCUT2D eigenvalue weighted by Crippen LogP contribution is 2.48. The maximum atomic E-state index is 12.4. The molecule has 2 aromatic rings. The van der Waals surface area contributed by atoms with Gasteiger partial charge < -0.3 is 9.84 Å². The molecule has 1 fully saturated rings. The normalized spacial score (nSPS) is 15.9. The molecule has 2 heterocycles. The predicted molar refractivity (Wildman–Crippen MR) is 83.3 cm³/mol. The average Bonchev–Trinajstić information content (AvgIpc) is 2.94. The summed E-state index contributed by atoms with van der Waals surface area (Å²) >= 11 is 1.61. The Morgan fingerprint density at radius 2 is 2.33 bits per heavy atom. The van der Waals surface area contributed by atoms with E-state index in [9.17, 15) is 4.79 Å². The fourth-order valence-electron chi connectivity index (χ4n) is 2.51. The van der Waals surface area contributed by atoms with Crippen LogP contribution in [0.15, 0.2) is 28.1 Å².